The molecule has 5 heteroatoms. The van der Waals surface area contributed by atoms with Crippen LogP contribution in [0.5, 0.6) is 5.75 Å². The first kappa shape index (κ1) is 32.8. The Hall–Kier alpha value is -3.15. The zero-order valence-electron chi connectivity index (χ0n) is 27.2. The van der Waals surface area contributed by atoms with E-state index in [1.807, 2.05) is 0 Å². The molecule has 0 amide bonds. The van der Waals surface area contributed by atoms with Crippen LogP contribution in [0.3, 0.4) is 0 Å². The molecule has 0 unspecified atom stereocenters. The second kappa shape index (κ2) is 14.7. The zero-order chi connectivity index (χ0) is 32.1. The summed E-state index contributed by atoms with van der Waals surface area (Å²) in [4.78, 5) is 13.0. The summed E-state index contributed by atoms with van der Waals surface area (Å²) in [6.45, 7) is 0.207. The van der Waals surface area contributed by atoms with E-state index in [1.165, 1.54) is 48.8 Å². The van der Waals surface area contributed by atoms with Crippen molar-refractivity contribution in [2.24, 2.45) is 23.7 Å². The minimum atomic E-state index is -0.772. The summed E-state index contributed by atoms with van der Waals surface area (Å²) in [6.07, 6.45) is 24.1. The third kappa shape index (κ3) is 7.06. The fourth-order valence-corrected chi connectivity index (χ4v) is 9.38. The van der Waals surface area contributed by atoms with Gasteiger partial charge in [0.25, 0.3) is 0 Å². The molecule has 1 saturated carbocycles. The number of rotatable bonds is 10. The highest BCUT2D eigenvalue weighted by molar-refractivity contribution is 5.75. The Morgan fingerprint density at radius 3 is 2.46 bits per heavy atom. The van der Waals surface area contributed by atoms with Gasteiger partial charge in [-0.2, -0.15) is 0 Å². The number of fused-ring (bicyclic) bond motifs is 1. The largest absolute Gasteiger partial charge is 0.508 e. The highest BCUT2D eigenvalue weighted by Gasteiger charge is 2.53. The normalized spacial score (nSPS) is 31.3. The number of phenols is 1. The number of aliphatic hydroxyl groups is 2. The summed E-state index contributed by atoms with van der Waals surface area (Å²) in [7, 11) is 0. The van der Waals surface area contributed by atoms with Crippen LogP contribution in [-0.2, 0) is 16.6 Å². The van der Waals surface area contributed by atoms with Crippen molar-refractivity contribution in [3.63, 3.8) is 0 Å². The molecule has 0 aliphatic heterocycles. The molecule has 46 heavy (non-hydrogen) atoms. The number of aliphatic carboxylic acids is 1. The molecule has 5 nitrogen and oxygen atoms in total. The maximum Gasteiger partial charge on any atom is 0.307 e. The van der Waals surface area contributed by atoms with Crippen LogP contribution >= 0.6 is 0 Å². The van der Waals surface area contributed by atoms with Gasteiger partial charge in [0, 0.05) is 5.41 Å². The van der Waals surface area contributed by atoms with Crippen LogP contribution in [0, 0.1) is 23.7 Å². The van der Waals surface area contributed by atoms with Crippen molar-refractivity contribution < 1.29 is 25.2 Å². The van der Waals surface area contributed by atoms with Gasteiger partial charge in [-0.05, 0) is 128 Å². The van der Waals surface area contributed by atoms with Crippen LogP contribution in [0.4, 0.5) is 0 Å². The van der Waals surface area contributed by atoms with E-state index in [0.29, 0.717) is 31.1 Å². The lowest BCUT2D eigenvalue weighted by Crippen LogP contribution is -2.51. The van der Waals surface area contributed by atoms with Gasteiger partial charge in [0.05, 0.1) is 18.6 Å². The van der Waals surface area contributed by atoms with Crippen LogP contribution in [0.25, 0.3) is 6.08 Å². The van der Waals surface area contributed by atoms with E-state index in [2.05, 4.69) is 60.7 Å². The molecule has 7 atom stereocenters. The highest BCUT2D eigenvalue weighted by Crippen LogP contribution is 2.55. The Labute approximate surface area is 274 Å². The third-order valence-electron chi connectivity index (χ3n) is 11.8. The lowest BCUT2D eigenvalue weighted by Gasteiger charge is -2.51. The Balaban J connectivity index is 1.26. The molecule has 0 aromatic heterocycles. The molecule has 2 aromatic carbocycles. The number of carboxylic acids is 1. The minimum Gasteiger partial charge on any atom is -0.508 e. The SMILES string of the molecule is O=C(O)[C@H]1C/C=C/C[C@H](CCCCCC[C@@H]2C=C(CO)CC2)[C@@H](c2ccc(O)cc2)Cc2ccc3c(c2)[C@@]12C[C@@H](O)CC[C@@H]2C=C3. The molecule has 246 valence electrons. The summed E-state index contributed by atoms with van der Waals surface area (Å²) in [5.41, 5.74) is 5.21. The van der Waals surface area contributed by atoms with Crippen LogP contribution in [0.1, 0.15) is 112 Å². The van der Waals surface area contributed by atoms with E-state index in [0.717, 1.165) is 49.7 Å². The summed E-state index contributed by atoms with van der Waals surface area (Å²) < 4.78 is 0. The number of unbranched alkanes of at least 4 members (excludes halogenated alkanes) is 3. The van der Waals surface area contributed by atoms with Crippen LogP contribution < -0.4 is 0 Å². The molecule has 2 bridgehead atoms. The number of phenolic OH excluding ortho intramolecular Hbond substituents is 1. The van der Waals surface area contributed by atoms with Gasteiger partial charge in [0.1, 0.15) is 5.75 Å². The summed E-state index contributed by atoms with van der Waals surface area (Å²) in [5.74, 6) is 0.288. The second-order valence-corrected chi connectivity index (χ2v) is 14.6. The fourth-order valence-electron chi connectivity index (χ4n) is 9.38. The average Bonchev–Trinajstić information content (AvgIpc) is 3.52. The monoisotopic (exact) mass is 624 g/mol. The van der Waals surface area contributed by atoms with Crippen LogP contribution in [0.15, 0.2) is 72.3 Å². The molecule has 4 N–H and O–H groups in total. The van der Waals surface area contributed by atoms with Crippen molar-refractivity contribution >= 4 is 12.0 Å². The van der Waals surface area contributed by atoms with Crippen LogP contribution in [0.2, 0.25) is 0 Å². The van der Waals surface area contributed by atoms with Gasteiger partial charge in [-0.15, -0.1) is 0 Å². The quantitative estimate of drug-likeness (QED) is 0.157. The zero-order valence-corrected chi connectivity index (χ0v) is 27.2. The first-order valence-corrected chi connectivity index (χ1v) is 17.8. The summed E-state index contributed by atoms with van der Waals surface area (Å²) in [5, 5.41) is 41.2. The van der Waals surface area contributed by atoms with Crippen molar-refractivity contribution in [2.75, 3.05) is 6.61 Å². The number of allylic oxidation sites excluding steroid dienone is 4. The number of aliphatic hydroxyl groups excluding tert-OH is 2. The van der Waals surface area contributed by atoms with Crippen molar-refractivity contribution in [1.29, 1.82) is 0 Å². The standard InChI is InChI=1S/C41H52O5/c42-27-30-12-11-28(23-30)7-3-1-2-4-8-31-9-5-6-10-38(40(45)46)41-26-36(44)22-19-34(41)18-15-33-14-13-29(25-39(33)41)24-37(31)32-16-20-35(43)21-17-32/h5-6,13-18,20-21,23,25,28,31,34,36-38,42-44H,1-4,7-12,19,22,24,26-27H2,(H,45,46)/b6-5+/t28-,31-,34-,36-,37-,38+,41+/m0/s1. The topological polar surface area (TPSA) is 98.0 Å². The molecule has 6 rings (SSSR count). The van der Waals surface area contributed by atoms with Gasteiger partial charge in [-0.3, -0.25) is 4.79 Å². The van der Waals surface area contributed by atoms with Crippen molar-refractivity contribution in [3.8, 4) is 5.75 Å². The van der Waals surface area contributed by atoms with Crippen molar-refractivity contribution in [3.05, 3.63) is 94.6 Å². The van der Waals surface area contributed by atoms with Gasteiger partial charge in [-0.1, -0.05) is 86.4 Å². The molecule has 4 aliphatic rings. The first-order valence-electron chi connectivity index (χ1n) is 17.8. The number of aromatic hydroxyl groups is 1. The molecule has 1 fully saturated rings. The van der Waals surface area contributed by atoms with E-state index in [4.69, 9.17) is 0 Å². The number of hydrogen-bond acceptors (Lipinski definition) is 4. The predicted octanol–water partition coefficient (Wildman–Crippen LogP) is 8.48. The molecule has 4 aliphatic carbocycles. The molecule has 0 radical (unpaired) electrons. The van der Waals surface area contributed by atoms with E-state index >= 15 is 0 Å². The maximum absolute atomic E-state index is 13.0. The van der Waals surface area contributed by atoms with Gasteiger partial charge < -0.3 is 20.4 Å². The van der Waals surface area contributed by atoms with Gasteiger partial charge >= 0.3 is 5.97 Å². The van der Waals surface area contributed by atoms with E-state index in [-0.39, 0.29) is 24.2 Å². The third-order valence-corrected chi connectivity index (χ3v) is 11.8. The van der Waals surface area contributed by atoms with Crippen LogP contribution in [-0.4, -0.2) is 39.1 Å². The molecule has 0 heterocycles. The highest BCUT2D eigenvalue weighted by atomic mass is 16.4. The van der Waals surface area contributed by atoms with Crippen molar-refractivity contribution in [1.82, 2.24) is 0 Å². The lowest BCUT2D eigenvalue weighted by molar-refractivity contribution is -0.146. The summed E-state index contributed by atoms with van der Waals surface area (Å²) in [6, 6.07) is 14.4. The Morgan fingerprint density at radius 1 is 0.913 bits per heavy atom. The Bertz CT molecular complexity index is 1440. The van der Waals surface area contributed by atoms with E-state index < -0.39 is 23.4 Å². The fraction of sp³-hybridized carbons (Fsp3) is 0.537. The Kier molecular flexibility index (Phi) is 10.5. The lowest BCUT2D eigenvalue weighted by atomic mass is 9.52. The minimum absolute atomic E-state index is 0.0955. The first-order chi connectivity index (χ1) is 22.4. The van der Waals surface area contributed by atoms with Gasteiger partial charge in [-0.25, -0.2) is 0 Å². The smallest absolute Gasteiger partial charge is 0.307 e. The number of carboxylic acid groups (broad SMARTS) is 1. The van der Waals surface area contributed by atoms with E-state index in [9.17, 15) is 25.2 Å². The van der Waals surface area contributed by atoms with Gasteiger partial charge in [0.15, 0.2) is 0 Å². The average molecular weight is 625 g/mol. The molecule has 0 saturated heterocycles. The second-order valence-electron chi connectivity index (χ2n) is 14.6. The molecule has 2 aromatic rings. The number of hydrogen-bond donors (Lipinski definition) is 4. The number of carbonyl (C=O) groups is 1. The van der Waals surface area contributed by atoms with Gasteiger partial charge in [0.2, 0.25) is 0 Å². The summed E-state index contributed by atoms with van der Waals surface area (Å²) >= 11 is 0. The maximum atomic E-state index is 13.0. The molecular weight excluding hydrogens is 572 g/mol. The Morgan fingerprint density at radius 2 is 1.70 bits per heavy atom. The molecular formula is C41H52O5. The van der Waals surface area contributed by atoms with E-state index in [1.54, 1.807) is 12.1 Å². The number of benzene rings is 2. The predicted molar refractivity (Wildman–Crippen MR) is 184 cm³/mol. The molecule has 1 spiro atoms. The van der Waals surface area contributed by atoms with Crippen molar-refractivity contribution in [2.45, 2.75) is 107 Å².